The van der Waals surface area contributed by atoms with Gasteiger partial charge in [-0.05, 0) is 47.7 Å². The van der Waals surface area contributed by atoms with Gasteiger partial charge >= 0.3 is 0 Å². The number of hydrogen-bond acceptors (Lipinski definition) is 6. The number of rotatable bonds is 7. The van der Waals surface area contributed by atoms with Crippen LogP contribution in [0.5, 0.6) is 0 Å². The summed E-state index contributed by atoms with van der Waals surface area (Å²) in [6.07, 6.45) is 1.01. The summed E-state index contributed by atoms with van der Waals surface area (Å²) >= 11 is 13.5. The number of carbonyl (C=O) groups is 3. The number of halogens is 2. The highest BCUT2D eigenvalue weighted by atomic mass is 35.5. The summed E-state index contributed by atoms with van der Waals surface area (Å²) in [6, 6.07) is 22.9. The molecule has 1 heterocycles. The van der Waals surface area contributed by atoms with Crippen LogP contribution in [-0.2, 0) is 9.59 Å². The molecule has 2 aliphatic rings. The molecule has 3 aromatic carbocycles. The van der Waals surface area contributed by atoms with E-state index in [4.69, 9.17) is 23.2 Å². The third-order valence-corrected chi connectivity index (χ3v) is 8.72. The number of ketones is 2. The third-order valence-electron chi connectivity index (χ3n) is 7.21. The van der Waals surface area contributed by atoms with Crippen molar-refractivity contribution >= 4 is 58.1 Å². The lowest BCUT2D eigenvalue weighted by molar-refractivity contribution is -0.118. The number of carbonyl (C=O) groups excluding carboxylic acids is 3. The molecule has 0 spiro atoms. The van der Waals surface area contributed by atoms with E-state index in [0.717, 1.165) is 11.3 Å². The fourth-order valence-corrected chi connectivity index (χ4v) is 6.52. The van der Waals surface area contributed by atoms with Gasteiger partial charge in [0.2, 0.25) is 5.91 Å². The van der Waals surface area contributed by atoms with Crippen LogP contribution in [0.15, 0.2) is 94.7 Å². The zero-order valence-electron chi connectivity index (χ0n) is 23.0. The monoisotopic (exact) mass is 615 g/mol. The van der Waals surface area contributed by atoms with E-state index in [2.05, 4.69) is 16.7 Å². The molecule has 3 aromatic rings. The van der Waals surface area contributed by atoms with Gasteiger partial charge in [0.25, 0.3) is 0 Å². The molecule has 1 atom stereocenters. The normalized spacial score (nSPS) is 17.7. The van der Waals surface area contributed by atoms with Gasteiger partial charge in [0.05, 0.1) is 34.0 Å². The van der Waals surface area contributed by atoms with Gasteiger partial charge in [-0.15, -0.1) is 0 Å². The molecule has 0 radical (unpaired) electrons. The Hall–Kier alpha value is -3.83. The van der Waals surface area contributed by atoms with Crippen molar-refractivity contribution in [2.75, 3.05) is 11.1 Å². The molecule has 1 amide bonds. The SMILES string of the molecule is CC1(C)CC(=O)C2=C(C1)NC(SCC(=O)Nc1ccc(Cl)cc1C(=O)c1ccccc1)=C(C#N)[C@@H]2c1ccc(Cl)cc1. The van der Waals surface area contributed by atoms with Crippen LogP contribution in [0.25, 0.3) is 0 Å². The van der Waals surface area contributed by atoms with Crippen LogP contribution in [0.1, 0.15) is 54.1 Å². The lowest BCUT2D eigenvalue weighted by atomic mass is 9.69. The Morgan fingerprint density at radius 2 is 1.71 bits per heavy atom. The van der Waals surface area contributed by atoms with Gasteiger partial charge in [0.15, 0.2) is 11.6 Å². The number of Topliss-reactive ketones (excluding diaryl/α,β-unsaturated/α-hetero) is 1. The van der Waals surface area contributed by atoms with Crippen LogP contribution in [0.3, 0.4) is 0 Å². The molecule has 212 valence electrons. The molecule has 5 rings (SSSR count). The molecule has 1 aliphatic heterocycles. The highest BCUT2D eigenvalue weighted by Gasteiger charge is 2.42. The molecule has 0 bridgehead atoms. The summed E-state index contributed by atoms with van der Waals surface area (Å²) in [7, 11) is 0. The highest BCUT2D eigenvalue weighted by Crippen LogP contribution is 2.48. The van der Waals surface area contributed by atoms with Crippen LogP contribution in [0.2, 0.25) is 10.0 Å². The van der Waals surface area contributed by atoms with E-state index >= 15 is 0 Å². The van der Waals surface area contributed by atoms with Gasteiger partial charge in [-0.1, -0.05) is 91.3 Å². The summed E-state index contributed by atoms with van der Waals surface area (Å²) in [6.45, 7) is 4.08. The average Bonchev–Trinajstić information content (AvgIpc) is 2.96. The lowest BCUT2D eigenvalue weighted by Gasteiger charge is -2.39. The number of hydrogen-bond donors (Lipinski definition) is 2. The van der Waals surface area contributed by atoms with Crippen molar-refractivity contribution in [2.24, 2.45) is 5.41 Å². The zero-order valence-corrected chi connectivity index (χ0v) is 25.3. The minimum Gasteiger partial charge on any atom is -0.352 e. The molecule has 9 heteroatoms. The largest absolute Gasteiger partial charge is 0.352 e. The standard InChI is InChI=1S/C33H27Cl2N3O3S/c1-33(2)15-26-30(27(39)16-33)29(19-8-10-21(34)11-9-19)24(17-36)32(38-26)42-18-28(40)37-25-13-12-22(35)14-23(25)31(41)20-6-4-3-5-7-20/h3-14,29,38H,15-16,18H2,1-2H3,(H,37,40)/t29-/m0/s1. The smallest absolute Gasteiger partial charge is 0.234 e. The van der Waals surface area contributed by atoms with Crippen LogP contribution in [-0.4, -0.2) is 23.2 Å². The molecule has 0 saturated carbocycles. The van der Waals surface area contributed by atoms with E-state index < -0.39 is 5.92 Å². The van der Waals surface area contributed by atoms with Gasteiger partial charge in [-0.25, -0.2) is 0 Å². The number of dihydropyridines is 1. The minimum atomic E-state index is -0.566. The summed E-state index contributed by atoms with van der Waals surface area (Å²) in [5, 5.41) is 17.9. The van der Waals surface area contributed by atoms with Crippen molar-refractivity contribution in [2.45, 2.75) is 32.6 Å². The summed E-state index contributed by atoms with van der Waals surface area (Å²) < 4.78 is 0. The van der Waals surface area contributed by atoms with Crippen molar-refractivity contribution in [1.82, 2.24) is 5.32 Å². The van der Waals surface area contributed by atoms with Gasteiger partial charge in [-0.3, -0.25) is 14.4 Å². The Balaban J connectivity index is 1.41. The molecule has 6 nitrogen and oxygen atoms in total. The van der Waals surface area contributed by atoms with Crippen molar-refractivity contribution in [3.63, 3.8) is 0 Å². The topological polar surface area (TPSA) is 99.1 Å². The number of nitriles is 1. The van der Waals surface area contributed by atoms with Gasteiger partial charge in [0.1, 0.15) is 0 Å². The average molecular weight is 617 g/mol. The fourth-order valence-electron chi connectivity index (χ4n) is 5.36. The summed E-state index contributed by atoms with van der Waals surface area (Å²) in [4.78, 5) is 39.7. The maximum atomic E-state index is 13.4. The first-order chi connectivity index (χ1) is 20.1. The van der Waals surface area contributed by atoms with E-state index in [1.807, 2.05) is 32.0 Å². The Bertz CT molecular complexity index is 1690. The second-order valence-electron chi connectivity index (χ2n) is 11.0. The Morgan fingerprint density at radius 1 is 1.02 bits per heavy atom. The Kier molecular flexibility index (Phi) is 8.60. The lowest BCUT2D eigenvalue weighted by Crippen LogP contribution is -2.37. The van der Waals surface area contributed by atoms with Crippen LogP contribution >= 0.6 is 35.0 Å². The van der Waals surface area contributed by atoms with Crippen molar-refractivity contribution < 1.29 is 14.4 Å². The van der Waals surface area contributed by atoms with Crippen LogP contribution < -0.4 is 10.6 Å². The number of nitrogens with one attached hydrogen (secondary N) is 2. The number of nitrogens with zero attached hydrogens (tertiary/aromatic N) is 1. The molecule has 0 fully saturated rings. The molecule has 0 saturated heterocycles. The van der Waals surface area contributed by atoms with Gasteiger partial charge < -0.3 is 10.6 Å². The predicted octanol–water partition coefficient (Wildman–Crippen LogP) is 7.66. The quantitative estimate of drug-likeness (QED) is 0.265. The first kappa shape index (κ1) is 29.7. The maximum absolute atomic E-state index is 13.4. The van der Waals surface area contributed by atoms with E-state index in [0.29, 0.717) is 50.3 Å². The number of benzene rings is 3. The molecule has 1 aliphatic carbocycles. The molecule has 42 heavy (non-hydrogen) atoms. The highest BCUT2D eigenvalue weighted by molar-refractivity contribution is 8.03. The number of amides is 1. The molecular formula is C33H27Cl2N3O3S. The predicted molar refractivity (Wildman–Crippen MR) is 167 cm³/mol. The summed E-state index contributed by atoms with van der Waals surface area (Å²) in [5.41, 5.74) is 3.36. The number of allylic oxidation sites excluding steroid dienone is 3. The minimum absolute atomic E-state index is 0.00148. The Labute approximate surface area is 258 Å². The molecular weight excluding hydrogens is 589 g/mol. The zero-order chi connectivity index (χ0) is 30.0. The van der Waals surface area contributed by atoms with Crippen molar-refractivity contribution in [1.29, 1.82) is 5.26 Å². The first-order valence-electron chi connectivity index (χ1n) is 13.3. The van der Waals surface area contributed by atoms with E-state index in [1.54, 1.807) is 48.5 Å². The van der Waals surface area contributed by atoms with Gasteiger partial charge in [-0.2, -0.15) is 5.26 Å². The van der Waals surface area contributed by atoms with E-state index in [9.17, 15) is 19.6 Å². The van der Waals surface area contributed by atoms with E-state index in [1.165, 1.54) is 17.8 Å². The number of thioether (sulfide) groups is 1. The van der Waals surface area contributed by atoms with Crippen LogP contribution in [0, 0.1) is 16.7 Å². The Morgan fingerprint density at radius 3 is 2.40 bits per heavy atom. The molecule has 0 aromatic heterocycles. The van der Waals surface area contributed by atoms with Crippen molar-refractivity contribution in [3.05, 3.63) is 121 Å². The van der Waals surface area contributed by atoms with Gasteiger partial charge in [0, 0.05) is 38.9 Å². The maximum Gasteiger partial charge on any atom is 0.234 e. The third kappa shape index (κ3) is 6.32. The molecule has 0 unspecified atom stereocenters. The summed E-state index contributed by atoms with van der Waals surface area (Å²) in [5.74, 6) is -1.23. The van der Waals surface area contributed by atoms with E-state index in [-0.39, 0.29) is 34.2 Å². The molecule has 2 N–H and O–H groups in total. The van der Waals surface area contributed by atoms with Crippen LogP contribution in [0.4, 0.5) is 5.69 Å². The second kappa shape index (κ2) is 12.2. The fraction of sp³-hybridized carbons (Fsp3) is 0.212. The number of anilines is 1. The van der Waals surface area contributed by atoms with Crippen molar-refractivity contribution in [3.8, 4) is 6.07 Å². The second-order valence-corrected chi connectivity index (χ2v) is 12.9. The first-order valence-corrected chi connectivity index (χ1v) is 15.1.